The molecule has 216 valence electrons. The Morgan fingerprint density at radius 3 is 2.17 bits per heavy atom. The van der Waals surface area contributed by atoms with Crippen LogP contribution in [-0.2, 0) is 16.0 Å². The van der Waals surface area contributed by atoms with Gasteiger partial charge in [-0.1, -0.05) is 61.5 Å². The summed E-state index contributed by atoms with van der Waals surface area (Å²) in [5.41, 5.74) is 7.94. The van der Waals surface area contributed by atoms with E-state index in [0.717, 1.165) is 31.4 Å². The summed E-state index contributed by atoms with van der Waals surface area (Å²) in [6, 6.07) is 18.8. The van der Waals surface area contributed by atoms with Crippen molar-refractivity contribution in [1.29, 1.82) is 0 Å². The lowest BCUT2D eigenvalue weighted by Gasteiger charge is -2.37. The smallest absolute Gasteiger partial charge is 0.253 e. The average Bonchev–Trinajstić information content (AvgIpc) is 3.00. The molecule has 9 heteroatoms. The number of unbranched alkanes of at least 4 members (excludes halogenated alkanes) is 1. The van der Waals surface area contributed by atoms with Gasteiger partial charge in [0.05, 0.1) is 18.5 Å². The highest BCUT2D eigenvalue weighted by Crippen LogP contribution is 2.17. The second kappa shape index (κ2) is 16.4. The van der Waals surface area contributed by atoms with Crippen molar-refractivity contribution in [2.75, 3.05) is 52.9 Å². The predicted molar refractivity (Wildman–Crippen MR) is 158 cm³/mol. The zero-order valence-electron chi connectivity index (χ0n) is 23.6. The SMILES string of the molecule is C=C(NCC(CCCCNC)C(=O)N1CCN(C(=O)c2ccccc2)CC1)C(Cc1ccccc1)NC(=O)CN. The zero-order chi connectivity index (χ0) is 28.7. The molecule has 5 N–H and O–H groups in total. The number of hydrogen-bond donors (Lipinski definition) is 4. The minimum absolute atomic E-state index is 0.00161. The van der Waals surface area contributed by atoms with Gasteiger partial charge in [-0.3, -0.25) is 14.4 Å². The highest BCUT2D eigenvalue weighted by molar-refractivity contribution is 5.94. The number of nitrogens with two attached hydrogens (primary N) is 1. The van der Waals surface area contributed by atoms with Crippen molar-refractivity contribution in [1.82, 2.24) is 25.8 Å². The van der Waals surface area contributed by atoms with Gasteiger partial charge in [0.25, 0.3) is 5.91 Å². The van der Waals surface area contributed by atoms with Crippen molar-refractivity contribution in [3.63, 3.8) is 0 Å². The second-order valence-electron chi connectivity index (χ2n) is 10.2. The highest BCUT2D eigenvalue weighted by Gasteiger charge is 2.29. The topological polar surface area (TPSA) is 120 Å². The molecule has 3 amide bonds. The Hall–Kier alpha value is -3.69. The molecule has 0 bridgehead atoms. The lowest BCUT2D eigenvalue weighted by molar-refractivity contribution is -0.137. The van der Waals surface area contributed by atoms with Gasteiger partial charge in [0.1, 0.15) is 0 Å². The largest absolute Gasteiger partial charge is 0.386 e. The molecular weight excluding hydrogens is 504 g/mol. The van der Waals surface area contributed by atoms with Crippen LogP contribution in [0, 0.1) is 5.92 Å². The van der Waals surface area contributed by atoms with Crippen LogP contribution in [-0.4, -0.2) is 86.4 Å². The summed E-state index contributed by atoms with van der Waals surface area (Å²) in [5.74, 6) is -0.417. The molecule has 3 rings (SSSR count). The fourth-order valence-electron chi connectivity index (χ4n) is 4.90. The van der Waals surface area contributed by atoms with Crippen molar-refractivity contribution in [2.45, 2.75) is 31.7 Å². The molecule has 9 nitrogen and oxygen atoms in total. The molecule has 2 aromatic rings. The molecule has 2 unspecified atom stereocenters. The van der Waals surface area contributed by atoms with E-state index < -0.39 is 0 Å². The molecule has 1 aliphatic rings. The summed E-state index contributed by atoms with van der Waals surface area (Å²) in [5, 5.41) is 9.48. The molecule has 0 aliphatic carbocycles. The number of carbonyl (C=O) groups excluding carboxylic acids is 3. The van der Waals surface area contributed by atoms with Gasteiger partial charge in [-0.15, -0.1) is 0 Å². The van der Waals surface area contributed by atoms with Crippen LogP contribution in [0.3, 0.4) is 0 Å². The summed E-state index contributed by atoms with van der Waals surface area (Å²) < 4.78 is 0. The average molecular weight is 549 g/mol. The molecule has 0 spiro atoms. The van der Waals surface area contributed by atoms with Crippen molar-refractivity contribution in [2.24, 2.45) is 11.7 Å². The normalized spacial score (nSPS) is 14.8. The van der Waals surface area contributed by atoms with Crippen molar-refractivity contribution in [3.05, 3.63) is 84.1 Å². The number of benzene rings is 2. The van der Waals surface area contributed by atoms with Crippen LogP contribution >= 0.6 is 0 Å². The van der Waals surface area contributed by atoms with E-state index in [0.29, 0.717) is 50.4 Å². The number of nitrogens with one attached hydrogen (secondary N) is 3. The summed E-state index contributed by atoms with van der Waals surface area (Å²) in [4.78, 5) is 42.3. The van der Waals surface area contributed by atoms with Crippen LogP contribution in [0.15, 0.2) is 72.9 Å². The number of rotatable bonds is 15. The maximum atomic E-state index is 13.7. The number of hydrogen-bond acceptors (Lipinski definition) is 6. The van der Waals surface area contributed by atoms with E-state index in [-0.39, 0.29) is 36.2 Å². The molecule has 2 atom stereocenters. The molecule has 40 heavy (non-hydrogen) atoms. The molecule has 0 saturated carbocycles. The number of piperazine rings is 1. The second-order valence-corrected chi connectivity index (χ2v) is 10.2. The Morgan fingerprint density at radius 1 is 0.925 bits per heavy atom. The van der Waals surface area contributed by atoms with E-state index in [9.17, 15) is 14.4 Å². The molecule has 0 radical (unpaired) electrons. The Labute approximate surface area is 238 Å². The van der Waals surface area contributed by atoms with Gasteiger partial charge in [0, 0.05) is 44.0 Å². The fourth-order valence-corrected chi connectivity index (χ4v) is 4.90. The van der Waals surface area contributed by atoms with Gasteiger partial charge in [-0.25, -0.2) is 0 Å². The number of carbonyl (C=O) groups is 3. The molecule has 2 aromatic carbocycles. The third kappa shape index (κ3) is 9.50. The van der Waals surface area contributed by atoms with E-state index in [1.165, 1.54) is 0 Å². The number of nitrogens with zero attached hydrogens (tertiary/aromatic N) is 2. The Bertz CT molecular complexity index is 1090. The summed E-state index contributed by atoms with van der Waals surface area (Å²) in [6.45, 7) is 7.45. The highest BCUT2D eigenvalue weighted by atomic mass is 16.2. The first-order valence-corrected chi connectivity index (χ1v) is 14.2. The minimum atomic E-state index is -0.356. The van der Waals surface area contributed by atoms with Crippen molar-refractivity contribution < 1.29 is 14.4 Å². The van der Waals surface area contributed by atoms with Gasteiger partial charge in [0.15, 0.2) is 0 Å². The van der Waals surface area contributed by atoms with Crippen LogP contribution in [0.5, 0.6) is 0 Å². The molecule has 1 aliphatic heterocycles. The van der Waals surface area contributed by atoms with Crippen LogP contribution in [0.1, 0.15) is 35.2 Å². The first kappa shape index (κ1) is 30.8. The van der Waals surface area contributed by atoms with E-state index in [4.69, 9.17) is 5.73 Å². The summed E-state index contributed by atoms with van der Waals surface area (Å²) in [6.07, 6.45) is 3.19. The van der Waals surface area contributed by atoms with Crippen molar-refractivity contribution >= 4 is 17.7 Å². The minimum Gasteiger partial charge on any atom is -0.386 e. The molecular formula is C31H44N6O3. The first-order chi connectivity index (χ1) is 19.4. The standard InChI is InChI=1S/C31H44N6O3/c1-24(28(35-29(38)22-32)21-25-11-5-3-6-12-25)34-23-27(15-9-10-16-33-2)31(40)37-19-17-36(18-20-37)30(39)26-13-7-4-8-14-26/h3-8,11-14,27-28,33-34H,1,9-10,15-23,32H2,2H3,(H,35,38). The Kier molecular flexibility index (Phi) is 12.7. The Morgan fingerprint density at radius 2 is 1.55 bits per heavy atom. The quantitative estimate of drug-likeness (QED) is 0.252. The van der Waals surface area contributed by atoms with E-state index in [1.807, 2.05) is 77.5 Å². The van der Waals surface area contributed by atoms with Gasteiger partial charge in [-0.2, -0.15) is 0 Å². The van der Waals surface area contributed by atoms with Gasteiger partial charge in [-0.05, 0) is 50.6 Å². The number of amides is 3. The van der Waals surface area contributed by atoms with Gasteiger partial charge in [0.2, 0.25) is 11.8 Å². The molecule has 1 heterocycles. The van der Waals surface area contributed by atoms with Gasteiger partial charge >= 0.3 is 0 Å². The first-order valence-electron chi connectivity index (χ1n) is 14.2. The fraction of sp³-hybridized carbons (Fsp3) is 0.452. The predicted octanol–water partition coefficient (Wildman–Crippen LogP) is 1.77. The molecule has 1 saturated heterocycles. The maximum Gasteiger partial charge on any atom is 0.253 e. The monoisotopic (exact) mass is 548 g/mol. The summed E-state index contributed by atoms with van der Waals surface area (Å²) >= 11 is 0. The van der Waals surface area contributed by atoms with E-state index >= 15 is 0 Å². The third-order valence-corrected chi connectivity index (χ3v) is 7.28. The van der Waals surface area contributed by atoms with E-state index in [1.54, 1.807) is 0 Å². The lowest BCUT2D eigenvalue weighted by atomic mass is 9.98. The molecule has 0 aromatic heterocycles. The van der Waals surface area contributed by atoms with Crippen molar-refractivity contribution in [3.8, 4) is 0 Å². The van der Waals surface area contributed by atoms with Crippen LogP contribution in [0.4, 0.5) is 0 Å². The third-order valence-electron chi connectivity index (χ3n) is 7.28. The van der Waals surface area contributed by atoms with Crippen LogP contribution in [0.25, 0.3) is 0 Å². The van der Waals surface area contributed by atoms with Crippen LogP contribution < -0.4 is 21.7 Å². The lowest BCUT2D eigenvalue weighted by Crippen LogP contribution is -2.53. The van der Waals surface area contributed by atoms with Crippen LogP contribution in [0.2, 0.25) is 0 Å². The maximum absolute atomic E-state index is 13.7. The Balaban J connectivity index is 1.61. The van der Waals surface area contributed by atoms with Gasteiger partial charge < -0.3 is 31.5 Å². The zero-order valence-corrected chi connectivity index (χ0v) is 23.6. The summed E-state index contributed by atoms with van der Waals surface area (Å²) in [7, 11) is 1.92. The van der Waals surface area contributed by atoms with E-state index in [2.05, 4.69) is 22.5 Å². The molecule has 1 fully saturated rings.